The average molecular weight is 592 g/mol. The van der Waals surface area contributed by atoms with E-state index in [1.165, 1.54) is 34.4 Å². The van der Waals surface area contributed by atoms with E-state index >= 15 is 0 Å². The van der Waals surface area contributed by atoms with Crippen molar-refractivity contribution < 1.29 is 28.6 Å². The smallest absolute Gasteiger partial charge is 0.341 e. The number of methoxy groups -OCH3 is 1. The molecule has 1 N–H and O–H groups in total. The summed E-state index contributed by atoms with van der Waals surface area (Å²) in [6.45, 7) is 5.66. The van der Waals surface area contributed by atoms with Gasteiger partial charge >= 0.3 is 5.97 Å². The lowest BCUT2D eigenvalue weighted by atomic mass is 9.95. The van der Waals surface area contributed by atoms with Gasteiger partial charge in [0.15, 0.2) is 4.80 Å². The van der Waals surface area contributed by atoms with E-state index in [1.807, 2.05) is 29.7 Å². The second kappa shape index (κ2) is 14.1. The summed E-state index contributed by atoms with van der Waals surface area (Å²) in [4.78, 5) is 44.2. The van der Waals surface area contributed by atoms with Crippen LogP contribution < -0.4 is 14.9 Å². The van der Waals surface area contributed by atoms with Gasteiger partial charge in [0, 0.05) is 18.0 Å². The van der Waals surface area contributed by atoms with Crippen molar-refractivity contribution in [2.24, 2.45) is 4.99 Å². The zero-order valence-corrected chi connectivity index (χ0v) is 24.8. The van der Waals surface area contributed by atoms with Crippen molar-refractivity contribution in [2.45, 2.75) is 46.1 Å². The number of fused-ring (bicyclic) bond motifs is 2. The number of carbonyl (C=O) groups is 3. The minimum atomic E-state index is -0.396. The molecule has 1 aromatic carbocycles. The number of esters is 1. The fourth-order valence-corrected chi connectivity index (χ4v) is 7.38. The summed E-state index contributed by atoms with van der Waals surface area (Å²) in [6.07, 6.45) is 3.81. The molecule has 0 bridgehead atoms. The predicted molar refractivity (Wildman–Crippen MR) is 156 cm³/mol. The van der Waals surface area contributed by atoms with Crippen molar-refractivity contribution >= 4 is 67.4 Å². The maximum absolute atomic E-state index is 12.7. The summed E-state index contributed by atoms with van der Waals surface area (Å²) in [5.41, 5.74) is 2.44. The number of thiophene rings is 1. The number of anilines is 1. The standard InChI is InChI=1S/C27H33N3O6S3/c1-4-35-13-12-30-19-11-10-17(34-3)14-21(19)39-27(30)29-23(32)16-37-15-22(31)28-25-24(26(33)36-5-2)18-8-6-7-9-20(18)38-25/h10-11,14H,4-9,12-13,15-16H2,1-3H3,(H,28,31). The van der Waals surface area contributed by atoms with E-state index in [0.29, 0.717) is 35.1 Å². The Morgan fingerprint density at radius 2 is 1.92 bits per heavy atom. The molecule has 12 heteroatoms. The molecule has 2 aromatic heterocycles. The number of hydrogen-bond donors (Lipinski definition) is 1. The number of carbonyl (C=O) groups excluding carboxylic acids is 3. The number of thioether (sulfide) groups is 1. The van der Waals surface area contributed by atoms with E-state index in [9.17, 15) is 14.4 Å². The highest BCUT2D eigenvalue weighted by molar-refractivity contribution is 8.00. The maximum Gasteiger partial charge on any atom is 0.341 e. The maximum atomic E-state index is 12.7. The topological polar surface area (TPSA) is 108 Å². The predicted octanol–water partition coefficient (Wildman–Crippen LogP) is 4.66. The van der Waals surface area contributed by atoms with Crippen molar-refractivity contribution in [3.63, 3.8) is 0 Å². The van der Waals surface area contributed by atoms with Gasteiger partial charge in [0.25, 0.3) is 5.91 Å². The summed E-state index contributed by atoms with van der Waals surface area (Å²) in [5, 5.41) is 3.42. The number of nitrogens with one attached hydrogen (secondary N) is 1. The number of aryl methyl sites for hydroxylation is 1. The van der Waals surface area contributed by atoms with Crippen LogP contribution in [-0.4, -0.2) is 60.8 Å². The number of hydrogen-bond acceptors (Lipinski definition) is 9. The molecule has 210 valence electrons. The molecule has 0 saturated carbocycles. The summed E-state index contributed by atoms with van der Waals surface area (Å²) in [7, 11) is 1.62. The zero-order chi connectivity index (χ0) is 27.8. The quantitative estimate of drug-likeness (QED) is 0.241. The van der Waals surface area contributed by atoms with E-state index in [4.69, 9.17) is 14.2 Å². The lowest BCUT2D eigenvalue weighted by molar-refractivity contribution is -0.115. The third-order valence-electron chi connectivity index (χ3n) is 6.14. The van der Waals surface area contributed by atoms with Crippen LogP contribution in [0.4, 0.5) is 5.00 Å². The minimum Gasteiger partial charge on any atom is -0.497 e. The Morgan fingerprint density at radius 1 is 1.10 bits per heavy atom. The van der Waals surface area contributed by atoms with Gasteiger partial charge in [0.05, 0.1) is 47.6 Å². The number of ether oxygens (including phenoxy) is 3. The van der Waals surface area contributed by atoms with Gasteiger partial charge in [0.1, 0.15) is 10.8 Å². The normalized spacial score (nSPS) is 13.4. The van der Waals surface area contributed by atoms with Crippen molar-refractivity contribution in [1.29, 1.82) is 0 Å². The largest absolute Gasteiger partial charge is 0.497 e. The molecule has 39 heavy (non-hydrogen) atoms. The van der Waals surface area contributed by atoms with Crippen LogP contribution in [0.15, 0.2) is 23.2 Å². The Labute approximate surface area is 239 Å². The van der Waals surface area contributed by atoms with E-state index in [2.05, 4.69) is 10.3 Å². The van der Waals surface area contributed by atoms with Crippen molar-refractivity contribution in [2.75, 3.05) is 43.8 Å². The van der Waals surface area contributed by atoms with Gasteiger partial charge in [0.2, 0.25) is 5.91 Å². The van der Waals surface area contributed by atoms with E-state index in [-0.39, 0.29) is 29.9 Å². The first kappa shape index (κ1) is 29.3. The fourth-order valence-electron chi connectivity index (χ4n) is 4.39. The molecule has 2 heterocycles. The molecule has 0 spiro atoms. The highest BCUT2D eigenvalue weighted by Crippen LogP contribution is 2.38. The molecule has 0 atom stereocenters. The van der Waals surface area contributed by atoms with E-state index < -0.39 is 5.97 Å². The number of thiazole rings is 1. The first-order valence-corrected chi connectivity index (χ1v) is 15.8. The summed E-state index contributed by atoms with van der Waals surface area (Å²) in [5.74, 6) is -0.124. The van der Waals surface area contributed by atoms with Crippen LogP contribution in [0.5, 0.6) is 5.75 Å². The van der Waals surface area contributed by atoms with Crippen molar-refractivity contribution in [3.8, 4) is 5.75 Å². The molecular weight excluding hydrogens is 559 g/mol. The second-order valence-electron chi connectivity index (χ2n) is 8.75. The molecule has 0 radical (unpaired) electrons. The van der Waals surface area contributed by atoms with Crippen LogP contribution in [0.2, 0.25) is 0 Å². The van der Waals surface area contributed by atoms with Gasteiger partial charge in [-0.1, -0.05) is 11.3 Å². The molecule has 0 fully saturated rings. The number of aromatic nitrogens is 1. The van der Waals surface area contributed by atoms with E-state index in [1.54, 1.807) is 14.0 Å². The second-order valence-corrected chi connectivity index (χ2v) is 11.8. The molecular formula is C27H33N3O6S3. The summed E-state index contributed by atoms with van der Waals surface area (Å²) in [6, 6.07) is 5.75. The third kappa shape index (κ3) is 7.30. The number of benzene rings is 1. The Morgan fingerprint density at radius 3 is 2.69 bits per heavy atom. The summed E-state index contributed by atoms with van der Waals surface area (Å²) >= 11 is 4.06. The lowest BCUT2D eigenvalue weighted by Gasteiger charge is -2.12. The number of amides is 2. The first-order valence-electron chi connectivity index (χ1n) is 13.0. The molecule has 0 unspecified atom stereocenters. The first-order chi connectivity index (χ1) is 18.9. The monoisotopic (exact) mass is 591 g/mol. The fraction of sp³-hybridized carbons (Fsp3) is 0.481. The van der Waals surface area contributed by atoms with Gasteiger partial charge in [-0.25, -0.2) is 4.79 Å². The Balaban J connectivity index is 1.41. The zero-order valence-electron chi connectivity index (χ0n) is 22.4. The summed E-state index contributed by atoms with van der Waals surface area (Å²) < 4.78 is 19.0. The Hall–Kier alpha value is -2.67. The highest BCUT2D eigenvalue weighted by atomic mass is 32.2. The van der Waals surface area contributed by atoms with Crippen LogP contribution in [-0.2, 0) is 38.4 Å². The number of rotatable bonds is 12. The number of nitrogens with zero attached hydrogens (tertiary/aromatic N) is 2. The van der Waals surface area contributed by atoms with Crippen molar-refractivity contribution in [1.82, 2.24) is 4.57 Å². The van der Waals surface area contributed by atoms with Gasteiger partial charge in [-0.15, -0.1) is 23.1 Å². The highest BCUT2D eigenvalue weighted by Gasteiger charge is 2.27. The van der Waals surface area contributed by atoms with Crippen LogP contribution in [0.1, 0.15) is 47.5 Å². The average Bonchev–Trinajstić information content (AvgIpc) is 3.45. The van der Waals surface area contributed by atoms with Crippen LogP contribution >= 0.6 is 34.4 Å². The minimum absolute atomic E-state index is 0.0577. The molecule has 1 aliphatic rings. The lowest BCUT2D eigenvalue weighted by Crippen LogP contribution is -2.21. The van der Waals surface area contributed by atoms with Crippen LogP contribution in [0, 0.1) is 0 Å². The third-order valence-corrected chi connectivity index (χ3v) is 9.30. The molecule has 0 saturated heterocycles. The SMILES string of the molecule is CCOCCn1c(=NC(=O)CSCC(=O)Nc2sc3c(c2C(=O)OCC)CCCC3)sc2cc(OC)ccc21. The molecule has 0 aliphatic heterocycles. The van der Waals surface area contributed by atoms with Gasteiger partial charge in [-0.3, -0.25) is 9.59 Å². The van der Waals surface area contributed by atoms with Gasteiger partial charge in [-0.2, -0.15) is 4.99 Å². The Kier molecular flexibility index (Phi) is 10.6. The molecule has 3 aromatic rings. The van der Waals surface area contributed by atoms with E-state index in [0.717, 1.165) is 52.1 Å². The van der Waals surface area contributed by atoms with Crippen LogP contribution in [0.3, 0.4) is 0 Å². The van der Waals surface area contributed by atoms with Crippen molar-refractivity contribution in [3.05, 3.63) is 39.0 Å². The Bertz CT molecular complexity index is 1410. The molecule has 4 rings (SSSR count). The van der Waals surface area contributed by atoms with Gasteiger partial charge < -0.3 is 24.1 Å². The molecule has 2 amide bonds. The van der Waals surface area contributed by atoms with Crippen LogP contribution in [0.25, 0.3) is 10.2 Å². The van der Waals surface area contributed by atoms with Gasteiger partial charge in [-0.05, 0) is 63.3 Å². The molecule has 9 nitrogen and oxygen atoms in total. The molecule has 1 aliphatic carbocycles.